The molecule has 0 aliphatic carbocycles. The summed E-state index contributed by atoms with van der Waals surface area (Å²) >= 11 is 5.81. The lowest BCUT2D eigenvalue weighted by Gasteiger charge is -2.14. The number of hydrogen-bond acceptors (Lipinski definition) is 7. The van der Waals surface area contributed by atoms with Gasteiger partial charge in [-0.2, -0.15) is 23.5 Å². The molecule has 0 bridgehead atoms. The largest absolute Gasteiger partial charge is 0.449 e. The Kier molecular flexibility index (Phi) is 5.99. The number of halogens is 4. The molecule has 3 rings (SSSR count). The molecule has 0 atom stereocenters. The molecular weight excluding hydrogens is 457 g/mol. The van der Waals surface area contributed by atoms with Crippen LogP contribution in [0.25, 0.3) is 0 Å². The fourth-order valence-corrected chi connectivity index (χ4v) is 2.80. The van der Waals surface area contributed by atoms with Crippen molar-refractivity contribution in [1.82, 2.24) is 20.2 Å². The van der Waals surface area contributed by atoms with E-state index in [2.05, 4.69) is 15.1 Å². The lowest BCUT2D eigenvalue weighted by Crippen LogP contribution is -2.26. The van der Waals surface area contributed by atoms with Gasteiger partial charge in [-0.25, -0.2) is 10.1 Å². The van der Waals surface area contributed by atoms with Crippen LogP contribution in [0.5, 0.6) is 11.5 Å². The van der Waals surface area contributed by atoms with Crippen molar-refractivity contribution in [3.63, 3.8) is 0 Å². The summed E-state index contributed by atoms with van der Waals surface area (Å²) in [4.78, 5) is 40.7. The van der Waals surface area contributed by atoms with Gasteiger partial charge in [0.05, 0.1) is 17.3 Å². The Balaban J connectivity index is 2.05. The average molecular weight is 467 g/mol. The van der Waals surface area contributed by atoms with Crippen molar-refractivity contribution in [3.05, 3.63) is 78.3 Å². The predicted octanol–water partition coefficient (Wildman–Crippen LogP) is 1.88. The number of benzene rings is 1. The standard InChI is InChI=1S/C18H10ClF3N6O4/c19-8-1-7(6-23)2-10(3-8)32-13-14(18(20,21)22)25-12(26-17(13)31)5-9-4-11(15(24)29)16(30)28-27-9/h1-4H,5H2,(H2,24,29)(H,28,30)(H,25,26,31). The van der Waals surface area contributed by atoms with Crippen LogP contribution < -0.4 is 21.6 Å². The highest BCUT2D eigenvalue weighted by atomic mass is 35.5. The molecule has 0 saturated heterocycles. The monoisotopic (exact) mass is 466 g/mol. The summed E-state index contributed by atoms with van der Waals surface area (Å²) in [6.45, 7) is 0. The molecule has 10 nitrogen and oxygen atoms in total. The molecule has 0 radical (unpaired) electrons. The van der Waals surface area contributed by atoms with E-state index in [0.29, 0.717) is 0 Å². The van der Waals surface area contributed by atoms with Crippen LogP contribution in [0.3, 0.4) is 0 Å². The van der Waals surface area contributed by atoms with Gasteiger partial charge in [-0.3, -0.25) is 14.4 Å². The van der Waals surface area contributed by atoms with Crippen LogP contribution in [0.1, 0.15) is 33.1 Å². The van der Waals surface area contributed by atoms with E-state index < -0.39 is 52.5 Å². The summed E-state index contributed by atoms with van der Waals surface area (Å²) < 4.78 is 45.9. The maximum atomic E-state index is 13.6. The Hall–Kier alpha value is -4.18. The Morgan fingerprint density at radius 2 is 1.94 bits per heavy atom. The smallest absolute Gasteiger partial charge is 0.437 e. The van der Waals surface area contributed by atoms with E-state index in [9.17, 15) is 27.6 Å². The maximum Gasteiger partial charge on any atom is 0.437 e. The minimum absolute atomic E-state index is 0.00279. The Bertz CT molecular complexity index is 1380. The number of amides is 1. The molecule has 0 saturated carbocycles. The van der Waals surface area contributed by atoms with Gasteiger partial charge >= 0.3 is 6.18 Å². The normalized spacial score (nSPS) is 11.1. The first kappa shape index (κ1) is 22.5. The van der Waals surface area contributed by atoms with E-state index >= 15 is 0 Å². The minimum Gasteiger partial charge on any atom is -0.449 e. The van der Waals surface area contributed by atoms with Gasteiger partial charge in [0, 0.05) is 11.4 Å². The molecule has 14 heteroatoms. The number of H-pyrrole nitrogens is 2. The number of rotatable bonds is 5. The van der Waals surface area contributed by atoms with E-state index in [1.54, 1.807) is 6.07 Å². The summed E-state index contributed by atoms with van der Waals surface area (Å²) in [5, 5.41) is 14.5. The van der Waals surface area contributed by atoms with Gasteiger partial charge in [0.25, 0.3) is 17.0 Å². The van der Waals surface area contributed by atoms with Crippen LogP contribution in [-0.2, 0) is 12.6 Å². The van der Waals surface area contributed by atoms with E-state index in [1.807, 2.05) is 5.10 Å². The number of primary amides is 1. The number of nitriles is 1. The third-order valence-corrected chi connectivity index (χ3v) is 4.10. The van der Waals surface area contributed by atoms with Crippen molar-refractivity contribution in [2.45, 2.75) is 12.6 Å². The van der Waals surface area contributed by atoms with E-state index in [1.165, 1.54) is 6.07 Å². The van der Waals surface area contributed by atoms with Crippen LogP contribution in [-0.4, -0.2) is 26.1 Å². The fraction of sp³-hybridized carbons (Fsp3) is 0.111. The Morgan fingerprint density at radius 3 is 2.56 bits per heavy atom. The Morgan fingerprint density at radius 1 is 1.22 bits per heavy atom. The van der Waals surface area contributed by atoms with Gasteiger partial charge in [0.2, 0.25) is 5.75 Å². The molecule has 0 unspecified atom stereocenters. The number of nitrogens with two attached hydrogens (primary N) is 1. The second kappa shape index (κ2) is 8.52. The van der Waals surface area contributed by atoms with Gasteiger partial charge in [-0.15, -0.1) is 0 Å². The molecular formula is C18H10ClF3N6O4. The molecule has 1 aromatic carbocycles. The molecule has 0 fully saturated rings. The minimum atomic E-state index is -5.09. The molecule has 164 valence electrons. The number of carbonyl (C=O) groups excluding carboxylic acids is 1. The maximum absolute atomic E-state index is 13.6. The van der Waals surface area contributed by atoms with Crippen LogP contribution >= 0.6 is 11.6 Å². The van der Waals surface area contributed by atoms with Crippen molar-refractivity contribution in [3.8, 4) is 17.6 Å². The van der Waals surface area contributed by atoms with Crippen molar-refractivity contribution in [2.24, 2.45) is 5.73 Å². The fourth-order valence-electron chi connectivity index (χ4n) is 2.58. The number of aromatic nitrogens is 4. The number of alkyl halides is 3. The highest BCUT2D eigenvalue weighted by Gasteiger charge is 2.39. The number of nitrogens with one attached hydrogen (secondary N) is 2. The van der Waals surface area contributed by atoms with E-state index in [-0.39, 0.29) is 22.0 Å². The van der Waals surface area contributed by atoms with Gasteiger partial charge in [-0.05, 0) is 24.3 Å². The van der Waals surface area contributed by atoms with Crippen LogP contribution in [0.15, 0.2) is 33.9 Å². The second-order valence-electron chi connectivity index (χ2n) is 6.22. The predicted molar refractivity (Wildman–Crippen MR) is 102 cm³/mol. The first-order chi connectivity index (χ1) is 15.0. The highest BCUT2D eigenvalue weighted by Crippen LogP contribution is 2.35. The zero-order valence-corrected chi connectivity index (χ0v) is 16.3. The number of nitrogens with zero attached hydrogens (tertiary/aromatic N) is 3. The zero-order chi connectivity index (χ0) is 23.6. The lowest BCUT2D eigenvalue weighted by atomic mass is 10.2. The average Bonchev–Trinajstić information content (AvgIpc) is 2.69. The topological polar surface area (TPSA) is 168 Å². The molecule has 0 aliphatic rings. The van der Waals surface area contributed by atoms with Crippen molar-refractivity contribution >= 4 is 17.5 Å². The van der Waals surface area contributed by atoms with Crippen LogP contribution in [0.4, 0.5) is 13.2 Å². The van der Waals surface area contributed by atoms with Crippen molar-refractivity contribution < 1.29 is 22.7 Å². The number of hydrogen-bond donors (Lipinski definition) is 3. The third-order valence-electron chi connectivity index (χ3n) is 3.89. The SMILES string of the molecule is N#Cc1cc(Cl)cc(Oc2c(C(F)(F)F)nc(Cc3cc(C(N)=O)c(=O)[nH]n3)[nH]c2=O)c1. The molecule has 4 N–H and O–H groups in total. The molecule has 32 heavy (non-hydrogen) atoms. The summed E-state index contributed by atoms with van der Waals surface area (Å²) in [7, 11) is 0. The first-order valence-electron chi connectivity index (χ1n) is 8.45. The first-order valence-corrected chi connectivity index (χ1v) is 8.83. The van der Waals surface area contributed by atoms with E-state index in [0.717, 1.165) is 18.2 Å². The number of ether oxygens (including phenoxy) is 1. The highest BCUT2D eigenvalue weighted by molar-refractivity contribution is 6.30. The number of carbonyl (C=O) groups is 1. The summed E-state index contributed by atoms with van der Waals surface area (Å²) in [5.41, 5.74) is 0.682. The molecule has 3 aromatic rings. The zero-order valence-electron chi connectivity index (χ0n) is 15.6. The van der Waals surface area contributed by atoms with Crippen LogP contribution in [0.2, 0.25) is 5.02 Å². The molecule has 1 amide bonds. The van der Waals surface area contributed by atoms with Crippen molar-refractivity contribution in [1.29, 1.82) is 5.26 Å². The molecule has 2 aromatic heterocycles. The molecule has 2 heterocycles. The molecule has 0 aliphatic heterocycles. The van der Waals surface area contributed by atoms with Crippen molar-refractivity contribution in [2.75, 3.05) is 0 Å². The van der Waals surface area contributed by atoms with Gasteiger partial charge in [0.15, 0.2) is 5.69 Å². The quantitative estimate of drug-likeness (QED) is 0.515. The summed E-state index contributed by atoms with van der Waals surface area (Å²) in [5.74, 6) is -3.00. The third kappa shape index (κ3) is 4.93. The van der Waals surface area contributed by atoms with Gasteiger partial charge < -0.3 is 15.5 Å². The van der Waals surface area contributed by atoms with Gasteiger partial charge in [0.1, 0.15) is 17.1 Å². The molecule has 0 spiro atoms. The summed E-state index contributed by atoms with van der Waals surface area (Å²) in [6, 6.07) is 6.18. The number of aromatic amines is 2. The second-order valence-corrected chi connectivity index (χ2v) is 6.66. The van der Waals surface area contributed by atoms with Crippen LogP contribution in [0, 0.1) is 11.3 Å². The summed E-state index contributed by atoms with van der Waals surface area (Å²) in [6.07, 6.45) is -5.57. The van der Waals surface area contributed by atoms with Gasteiger partial charge in [-0.1, -0.05) is 11.6 Å². The lowest BCUT2D eigenvalue weighted by molar-refractivity contribution is -0.142. The Labute approximate surface area is 180 Å². The van der Waals surface area contributed by atoms with E-state index in [4.69, 9.17) is 27.3 Å².